The minimum Gasteiger partial charge on any atom is -0.390 e. The summed E-state index contributed by atoms with van der Waals surface area (Å²) in [6.45, 7) is 3.57. The molecule has 1 fully saturated rings. The van der Waals surface area contributed by atoms with Crippen LogP contribution in [0.5, 0.6) is 0 Å². The molecule has 0 aliphatic heterocycles. The van der Waals surface area contributed by atoms with Crippen molar-refractivity contribution in [2.24, 2.45) is 5.73 Å². The van der Waals surface area contributed by atoms with Gasteiger partial charge in [-0.1, -0.05) is 6.07 Å². The summed E-state index contributed by atoms with van der Waals surface area (Å²) in [6.07, 6.45) is 2.70. The summed E-state index contributed by atoms with van der Waals surface area (Å²) in [6, 6.07) is 4.18. The number of rotatable bonds is 3. The van der Waals surface area contributed by atoms with Gasteiger partial charge in [-0.25, -0.2) is 4.39 Å². The fourth-order valence-electron chi connectivity index (χ4n) is 2.65. The van der Waals surface area contributed by atoms with Gasteiger partial charge in [-0.15, -0.1) is 0 Å². The number of benzene rings is 1. The maximum absolute atomic E-state index is 14.0. The van der Waals surface area contributed by atoms with Gasteiger partial charge in [0.15, 0.2) is 0 Å². The Morgan fingerprint density at radius 1 is 1.48 bits per heavy atom. The molecule has 5 heteroatoms. The van der Waals surface area contributed by atoms with Gasteiger partial charge in [-0.2, -0.15) is 0 Å². The first-order valence-corrected chi connectivity index (χ1v) is 7.37. The van der Waals surface area contributed by atoms with E-state index in [0.717, 1.165) is 0 Å². The Morgan fingerprint density at radius 2 is 2.10 bits per heavy atom. The fourth-order valence-corrected chi connectivity index (χ4v) is 2.65. The van der Waals surface area contributed by atoms with E-state index in [-0.39, 0.29) is 17.6 Å². The Balaban J connectivity index is 2.01. The minimum atomic E-state index is -0.647. The maximum Gasteiger partial charge on any atom is 0.254 e. The van der Waals surface area contributed by atoms with Gasteiger partial charge in [0.05, 0.1) is 11.2 Å². The Hall–Kier alpha value is -1.46. The molecule has 1 atom stereocenters. The van der Waals surface area contributed by atoms with Gasteiger partial charge < -0.3 is 16.2 Å². The van der Waals surface area contributed by atoms with Crippen LogP contribution < -0.4 is 11.1 Å². The smallest absolute Gasteiger partial charge is 0.254 e. The van der Waals surface area contributed by atoms with Crippen LogP contribution in [-0.4, -0.2) is 22.7 Å². The highest BCUT2D eigenvalue weighted by Crippen LogP contribution is 2.28. The van der Waals surface area contributed by atoms with Crippen molar-refractivity contribution in [3.8, 4) is 0 Å². The number of nitrogens with one attached hydrogen (secondary N) is 1. The van der Waals surface area contributed by atoms with E-state index >= 15 is 0 Å². The van der Waals surface area contributed by atoms with Crippen LogP contribution in [0.15, 0.2) is 18.2 Å². The van der Waals surface area contributed by atoms with Gasteiger partial charge in [0.25, 0.3) is 5.91 Å². The van der Waals surface area contributed by atoms with Gasteiger partial charge in [0.1, 0.15) is 5.82 Å². The van der Waals surface area contributed by atoms with E-state index in [1.54, 1.807) is 19.9 Å². The van der Waals surface area contributed by atoms with E-state index in [4.69, 9.17) is 5.73 Å². The second kappa shape index (κ2) is 6.12. The first-order valence-electron chi connectivity index (χ1n) is 7.37. The number of hydrogen-bond acceptors (Lipinski definition) is 3. The zero-order valence-electron chi connectivity index (χ0n) is 12.5. The third kappa shape index (κ3) is 4.02. The van der Waals surface area contributed by atoms with Crippen molar-refractivity contribution in [3.05, 3.63) is 35.1 Å². The maximum atomic E-state index is 14.0. The molecular weight excluding hydrogens is 271 g/mol. The van der Waals surface area contributed by atoms with Crippen molar-refractivity contribution in [3.63, 3.8) is 0 Å². The van der Waals surface area contributed by atoms with Crippen molar-refractivity contribution in [2.45, 2.75) is 57.2 Å². The molecule has 0 unspecified atom stereocenters. The predicted molar refractivity (Wildman–Crippen MR) is 79.3 cm³/mol. The zero-order chi connectivity index (χ0) is 15.6. The molecule has 0 saturated heterocycles. The molecule has 1 amide bonds. The SMILES string of the molecule is C[C@H](N)c1ccc(C(=O)NC2CCC(C)(O)CC2)c(F)c1. The van der Waals surface area contributed by atoms with Gasteiger partial charge in [-0.3, -0.25) is 4.79 Å². The second-order valence-electron chi connectivity index (χ2n) is 6.27. The van der Waals surface area contributed by atoms with Crippen molar-refractivity contribution < 1.29 is 14.3 Å². The van der Waals surface area contributed by atoms with Gasteiger partial charge in [0.2, 0.25) is 0 Å². The standard InChI is InChI=1S/C16H23FN2O2/c1-10(18)11-3-4-13(14(17)9-11)15(20)19-12-5-7-16(2,21)8-6-12/h3-4,9-10,12,21H,5-8,18H2,1-2H3,(H,19,20)/t10-,12?,16?/m0/s1. The van der Waals surface area contributed by atoms with E-state index in [9.17, 15) is 14.3 Å². The van der Waals surface area contributed by atoms with Crippen LogP contribution in [0.25, 0.3) is 0 Å². The molecule has 0 aromatic heterocycles. The molecular formula is C16H23FN2O2. The molecule has 1 aromatic rings. The quantitative estimate of drug-likeness (QED) is 0.800. The van der Waals surface area contributed by atoms with Crippen LogP contribution in [0, 0.1) is 5.82 Å². The van der Waals surface area contributed by atoms with E-state index in [1.807, 2.05) is 0 Å². The van der Waals surface area contributed by atoms with Crippen molar-refractivity contribution in [1.82, 2.24) is 5.32 Å². The monoisotopic (exact) mass is 294 g/mol. The molecule has 0 bridgehead atoms. The lowest BCUT2D eigenvalue weighted by Crippen LogP contribution is -2.42. The van der Waals surface area contributed by atoms with Crippen molar-refractivity contribution >= 4 is 5.91 Å². The molecule has 2 rings (SSSR count). The lowest BCUT2D eigenvalue weighted by atomic mass is 9.83. The summed E-state index contributed by atoms with van der Waals surface area (Å²) in [5.74, 6) is -0.958. The third-order valence-electron chi connectivity index (χ3n) is 4.16. The number of carbonyl (C=O) groups is 1. The summed E-state index contributed by atoms with van der Waals surface area (Å²) >= 11 is 0. The van der Waals surface area contributed by atoms with E-state index in [1.165, 1.54) is 12.1 Å². The molecule has 1 saturated carbocycles. The molecule has 4 nitrogen and oxygen atoms in total. The third-order valence-corrected chi connectivity index (χ3v) is 4.16. The molecule has 4 N–H and O–H groups in total. The average Bonchev–Trinajstić information content (AvgIpc) is 2.40. The predicted octanol–water partition coefficient (Wildman–Crippen LogP) is 2.27. The summed E-state index contributed by atoms with van der Waals surface area (Å²) in [7, 11) is 0. The van der Waals surface area contributed by atoms with Gasteiger partial charge >= 0.3 is 0 Å². The molecule has 116 valence electrons. The number of carbonyl (C=O) groups excluding carboxylic acids is 1. The molecule has 0 heterocycles. The lowest BCUT2D eigenvalue weighted by Gasteiger charge is -2.33. The topological polar surface area (TPSA) is 75.4 Å². The summed E-state index contributed by atoms with van der Waals surface area (Å²) in [4.78, 5) is 12.1. The van der Waals surface area contributed by atoms with E-state index < -0.39 is 17.3 Å². The Bertz CT molecular complexity index is 519. The summed E-state index contributed by atoms with van der Waals surface area (Å²) in [5, 5.41) is 12.7. The highest BCUT2D eigenvalue weighted by molar-refractivity contribution is 5.94. The minimum absolute atomic E-state index is 0.00904. The van der Waals surface area contributed by atoms with Gasteiger partial charge in [-0.05, 0) is 57.2 Å². The number of hydrogen-bond donors (Lipinski definition) is 3. The van der Waals surface area contributed by atoms with Crippen LogP contribution in [0.1, 0.15) is 61.5 Å². The summed E-state index contributed by atoms with van der Waals surface area (Å²) < 4.78 is 14.0. The van der Waals surface area contributed by atoms with Crippen LogP contribution in [-0.2, 0) is 0 Å². The average molecular weight is 294 g/mol. The second-order valence-corrected chi connectivity index (χ2v) is 6.27. The summed E-state index contributed by atoms with van der Waals surface area (Å²) in [5.41, 5.74) is 5.75. The molecule has 0 spiro atoms. The number of aliphatic hydroxyl groups is 1. The highest BCUT2D eigenvalue weighted by atomic mass is 19.1. The lowest BCUT2D eigenvalue weighted by molar-refractivity contribution is 0.0140. The van der Waals surface area contributed by atoms with Crippen LogP contribution in [0.2, 0.25) is 0 Å². The molecule has 0 radical (unpaired) electrons. The van der Waals surface area contributed by atoms with Crippen molar-refractivity contribution in [2.75, 3.05) is 0 Å². The first-order chi connectivity index (χ1) is 9.78. The Kier molecular flexibility index (Phi) is 4.64. The van der Waals surface area contributed by atoms with Gasteiger partial charge in [0, 0.05) is 12.1 Å². The molecule has 1 aliphatic carbocycles. The Morgan fingerprint density at radius 3 is 2.62 bits per heavy atom. The first kappa shape index (κ1) is 15.9. The van der Waals surface area contributed by atoms with E-state index in [2.05, 4.69) is 5.32 Å². The van der Waals surface area contributed by atoms with Crippen LogP contribution in [0.4, 0.5) is 4.39 Å². The fraction of sp³-hybridized carbons (Fsp3) is 0.562. The highest BCUT2D eigenvalue weighted by Gasteiger charge is 2.29. The number of amides is 1. The number of nitrogens with two attached hydrogens (primary N) is 1. The molecule has 21 heavy (non-hydrogen) atoms. The van der Waals surface area contributed by atoms with E-state index in [0.29, 0.717) is 31.2 Å². The Labute approximate surface area is 124 Å². The molecule has 1 aliphatic rings. The zero-order valence-corrected chi connectivity index (χ0v) is 12.5. The number of halogens is 1. The normalized spacial score (nSPS) is 27.2. The van der Waals surface area contributed by atoms with Crippen LogP contribution >= 0.6 is 0 Å². The molecule has 1 aromatic carbocycles. The van der Waals surface area contributed by atoms with Crippen molar-refractivity contribution in [1.29, 1.82) is 0 Å². The largest absolute Gasteiger partial charge is 0.390 e. The van der Waals surface area contributed by atoms with Crippen LogP contribution in [0.3, 0.4) is 0 Å².